The van der Waals surface area contributed by atoms with Gasteiger partial charge in [-0.1, -0.05) is 25.5 Å². The number of hydrogen-bond acceptors (Lipinski definition) is 1. The Kier molecular flexibility index (Phi) is 2.32. The number of allylic oxidation sites excluding steroid dienone is 1. The van der Waals surface area contributed by atoms with Crippen LogP contribution in [0.1, 0.15) is 32.6 Å². The van der Waals surface area contributed by atoms with E-state index < -0.39 is 11.4 Å². The van der Waals surface area contributed by atoms with Crippen molar-refractivity contribution in [3.63, 3.8) is 0 Å². The molecule has 62 valence electrons. The van der Waals surface area contributed by atoms with E-state index in [0.29, 0.717) is 0 Å². The summed E-state index contributed by atoms with van der Waals surface area (Å²) in [6, 6.07) is 0. The van der Waals surface area contributed by atoms with Gasteiger partial charge in [0.1, 0.15) is 0 Å². The highest BCUT2D eigenvalue weighted by molar-refractivity contribution is 5.78. The minimum atomic E-state index is -0.659. The molecule has 1 N–H and O–H groups in total. The van der Waals surface area contributed by atoms with Crippen molar-refractivity contribution in [3.05, 3.63) is 12.2 Å². The van der Waals surface area contributed by atoms with Crippen LogP contribution in [0.3, 0.4) is 0 Å². The van der Waals surface area contributed by atoms with E-state index in [0.717, 1.165) is 25.7 Å². The fourth-order valence-corrected chi connectivity index (χ4v) is 1.35. The molecule has 2 heteroatoms. The predicted octanol–water partition coefficient (Wildman–Crippen LogP) is 2.21. The maximum atomic E-state index is 10.8. The van der Waals surface area contributed by atoms with Gasteiger partial charge in [0.2, 0.25) is 0 Å². The lowest BCUT2D eigenvalue weighted by Gasteiger charge is -2.34. The minimum Gasteiger partial charge on any atom is -0.481 e. The van der Waals surface area contributed by atoms with Crippen molar-refractivity contribution in [2.45, 2.75) is 32.6 Å². The molecule has 1 saturated carbocycles. The lowest BCUT2D eigenvalue weighted by atomic mass is 9.68. The van der Waals surface area contributed by atoms with Crippen LogP contribution in [0, 0.1) is 5.41 Å². The van der Waals surface area contributed by atoms with Gasteiger partial charge in [0.05, 0.1) is 5.41 Å². The van der Waals surface area contributed by atoms with Crippen molar-refractivity contribution >= 4 is 5.97 Å². The Balaban J connectivity index is 2.60. The van der Waals surface area contributed by atoms with E-state index in [4.69, 9.17) is 5.11 Å². The Morgan fingerprint density at radius 3 is 2.55 bits per heavy atom. The topological polar surface area (TPSA) is 37.3 Å². The lowest BCUT2D eigenvalue weighted by molar-refractivity contribution is -0.150. The Morgan fingerprint density at radius 1 is 1.64 bits per heavy atom. The molecule has 1 aliphatic rings. The quantitative estimate of drug-likeness (QED) is 0.633. The van der Waals surface area contributed by atoms with Crippen LogP contribution >= 0.6 is 0 Å². The average molecular weight is 154 g/mol. The fraction of sp³-hybridized carbons (Fsp3) is 0.667. The molecule has 1 aliphatic carbocycles. The first-order valence-corrected chi connectivity index (χ1v) is 4.12. The monoisotopic (exact) mass is 154 g/mol. The lowest BCUT2D eigenvalue weighted by Crippen LogP contribution is -2.35. The molecule has 0 unspecified atom stereocenters. The Labute approximate surface area is 66.9 Å². The van der Waals surface area contributed by atoms with Gasteiger partial charge in [0, 0.05) is 0 Å². The second-order valence-electron chi connectivity index (χ2n) is 3.13. The van der Waals surface area contributed by atoms with Crippen molar-refractivity contribution in [1.82, 2.24) is 0 Å². The molecule has 11 heavy (non-hydrogen) atoms. The first-order valence-electron chi connectivity index (χ1n) is 4.12. The summed E-state index contributed by atoms with van der Waals surface area (Å²) in [7, 11) is 0. The van der Waals surface area contributed by atoms with E-state index in [1.54, 1.807) is 0 Å². The molecule has 0 aromatic carbocycles. The van der Waals surface area contributed by atoms with Gasteiger partial charge in [-0.25, -0.2) is 0 Å². The third-order valence-electron chi connectivity index (χ3n) is 2.34. The second-order valence-corrected chi connectivity index (χ2v) is 3.13. The highest BCUT2D eigenvalue weighted by Crippen LogP contribution is 2.42. The van der Waals surface area contributed by atoms with E-state index in [-0.39, 0.29) is 0 Å². The molecule has 1 fully saturated rings. The van der Waals surface area contributed by atoms with Crippen LogP contribution in [-0.4, -0.2) is 11.1 Å². The van der Waals surface area contributed by atoms with E-state index in [9.17, 15) is 4.79 Å². The van der Waals surface area contributed by atoms with Gasteiger partial charge in [0.15, 0.2) is 0 Å². The summed E-state index contributed by atoms with van der Waals surface area (Å²) < 4.78 is 0. The molecule has 0 radical (unpaired) electrons. The minimum absolute atomic E-state index is 0.490. The molecule has 2 nitrogen and oxygen atoms in total. The highest BCUT2D eigenvalue weighted by Gasteiger charge is 2.41. The molecule has 0 heterocycles. The fourth-order valence-electron chi connectivity index (χ4n) is 1.35. The van der Waals surface area contributed by atoms with Gasteiger partial charge in [0.25, 0.3) is 0 Å². The summed E-state index contributed by atoms with van der Waals surface area (Å²) >= 11 is 0. The van der Waals surface area contributed by atoms with Crippen LogP contribution in [0.15, 0.2) is 12.2 Å². The molecular weight excluding hydrogens is 140 g/mol. The van der Waals surface area contributed by atoms with Gasteiger partial charge in [-0.2, -0.15) is 0 Å². The normalized spacial score (nSPS) is 21.5. The SMILES string of the molecule is CC/C=C/C1(C(=O)O)CCC1. The molecule has 0 spiro atoms. The van der Waals surface area contributed by atoms with E-state index in [2.05, 4.69) is 0 Å². The van der Waals surface area contributed by atoms with Crippen molar-refractivity contribution in [3.8, 4) is 0 Å². The number of carbonyl (C=O) groups is 1. The van der Waals surface area contributed by atoms with Crippen molar-refractivity contribution in [1.29, 1.82) is 0 Å². The van der Waals surface area contributed by atoms with Crippen LogP contribution in [0.2, 0.25) is 0 Å². The first-order chi connectivity index (χ1) is 5.21. The Hall–Kier alpha value is -0.790. The number of aliphatic carboxylic acids is 1. The zero-order chi connectivity index (χ0) is 8.32. The van der Waals surface area contributed by atoms with E-state index >= 15 is 0 Å². The van der Waals surface area contributed by atoms with Gasteiger partial charge in [-0.15, -0.1) is 0 Å². The molecule has 0 aromatic rings. The van der Waals surface area contributed by atoms with E-state index in [1.807, 2.05) is 19.1 Å². The zero-order valence-electron chi connectivity index (χ0n) is 6.84. The third kappa shape index (κ3) is 1.44. The molecule has 0 bridgehead atoms. The third-order valence-corrected chi connectivity index (χ3v) is 2.34. The smallest absolute Gasteiger partial charge is 0.313 e. The number of rotatable bonds is 3. The number of carboxylic acid groups (broad SMARTS) is 1. The molecule has 0 amide bonds. The van der Waals surface area contributed by atoms with Gasteiger partial charge < -0.3 is 5.11 Å². The number of carboxylic acids is 1. The van der Waals surface area contributed by atoms with Crippen LogP contribution in [0.4, 0.5) is 0 Å². The van der Waals surface area contributed by atoms with Gasteiger partial charge >= 0.3 is 5.97 Å². The van der Waals surface area contributed by atoms with E-state index in [1.165, 1.54) is 0 Å². The summed E-state index contributed by atoms with van der Waals surface area (Å²) in [4.78, 5) is 10.8. The number of hydrogen-bond donors (Lipinski definition) is 1. The maximum Gasteiger partial charge on any atom is 0.313 e. The largest absolute Gasteiger partial charge is 0.481 e. The summed E-state index contributed by atoms with van der Waals surface area (Å²) in [6.45, 7) is 2.02. The van der Waals surface area contributed by atoms with Crippen LogP contribution in [-0.2, 0) is 4.79 Å². The van der Waals surface area contributed by atoms with Crippen LogP contribution in [0.25, 0.3) is 0 Å². The maximum absolute atomic E-state index is 10.8. The molecule has 0 saturated heterocycles. The highest BCUT2D eigenvalue weighted by atomic mass is 16.4. The molecule has 0 aromatic heterocycles. The molecule has 1 rings (SSSR count). The zero-order valence-corrected chi connectivity index (χ0v) is 6.84. The van der Waals surface area contributed by atoms with Crippen molar-refractivity contribution < 1.29 is 9.90 Å². The molecule has 0 atom stereocenters. The van der Waals surface area contributed by atoms with Gasteiger partial charge in [-0.05, 0) is 19.3 Å². The molecule has 0 aliphatic heterocycles. The molecular formula is C9H14O2. The van der Waals surface area contributed by atoms with Crippen molar-refractivity contribution in [2.24, 2.45) is 5.41 Å². The van der Waals surface area contributed by atoms with Gasteiger partial charge in [-0.3, -0.25) is 4.79 Å². The second kappa shape index (κ2) is 3.07. The Bertz CT molecular complexity index is 178. The summed E-state index contributed by atoms with van der Waals surface area (Å²) in [6.07, 6.45) is 7.43. The van der Waals surface area contributed by atoms with Crippen LogP contribution in [0.5, 0.6) is 0 Å². The predicted molar refractivity (Wildman–Crippen MR) is 43.4 cm³/mol. The van der Waals surface area contributed by atoms with Crippen LogP contribution < -0.4 is 0 Å². The first kappa shape index (κ1) is 8.31. The van der Waals surface area contributed by atoms with Crippen molar-refractivity contribution in [2.75, 3.05) is 0 Å². The average Bonchev–Trinajstić information content (AvgIpc) is 1.85. The standard InChI is InChI=1S/C9H14O2/c1-2-3-5-9(8(10)11)6-4-7-9/h3,5H,2,4,6-7H2,1H3,(H,10,11)/b5-3+. The Morgan fingerprint density at radius 2 is 2.27 bits per heavy atom. The summed E-state index contributed by atoms with van der Waals surface area (Å²) in [5.74, 6) is -0.659. The summed E-state index contributed by atoms with van der Waals surface area (Å²) in [5.41, 5.74) is -0.490. The summed E-state index contributed by atoms with van der Waals surface area (Å²) in [5, 5.41) is 8.86.